The highest BCUT2D eigenvalue weighted by atomic mass is 16.3. The number of nitrogen functional groups attached to an aromatic ring is 1. The first-order chi connectivity index (χ1) is 12.2. The number of hydrogen-bond donors (Lipinski definition) is 2. The number of aliphatic hydroxyl groups is 1. The van der Waals surface area contributed by atoms with Crippen LogP contribution >= 0.6 is 0 Å². The second-order valence-electron chi connectivity index (χ2n) is 6.75. The minimum Gasteiger partial charge on any atom is -0.396 e. The van der Waals surface area contributed by atoms with E-state index in [4.69, 9.17) is 5.73 Å². The molecule has 1 aliphatic rings. The fraction of sp³-hybridized carbons (Fsp3) is 0.368. The minimum absolute atomic E-state index is 0.287. The van der Waals surface area contributed by atoms with Crippen molar-refractivity contribution in [1.82, 2.24) is 19.5 Å². The molecule has 0 atom stereocenters. The summed E-state index contributed by atoms with van der Waals surface area (Å²) in [5.41, 5.74) is 9.86. The Hall–Kier alpha value is -2.44. The van der Waals surface area contributed by atoms with Crippen LogP contribution in [-0.2, 0) is 6.54 Å². The first-order valence-electron chi connectivity index (χ1n) is 8.77. The third kappa shape index (κ3) is 3.36. The lowest BCUT2D eigenvalue weighted by molar-refractivity contribution is 0.127. The van der Waals surface area contributed by atoms with Gasteiger partial charge in [-0.25, -0.2) is 4.52 Å². The number of pyridine rings is 1. The second-order valence-corrected chi connectivity index (χ2v) is 6.75. The predicted octanol–water partition coefficient (Wildman–Crippen LogP) is 2.18. The normalized spacial score (nSPS) is 16.5. The van der Waals surface area contributed by atoms with Crippen LogP contribution in [0.4, 0.5) is 5.95 Å². The summed E-state index contributed by atoms with van der Waals surface area (Å²) in [4.78, 5) is 6.67. The summed E-state index contributed by atoms with van der Waals surface area (Å²) in [5, 5.41) is 13.5. The lowest BCUT2D eigenvalue weighted by Crippen LogP contribution is -2.34. The van der Waals surface area contributed by atoms with E-state index in [-0.39, 0.29) is 5.95 Å². The predicted molar refractivity (Wildman–Crippen MR) is 97.9 cm³/mol. The first-order valence-corrected chi connectivity index (χ1v) is 8.77. The zero-order valence-corrected chi connectivity index (χ0v) is 14.2. The van der Waals surface area contributed by atoms with Crippen LogP contribution in [-0.4, -0.2) is 44.3 Å². The Morgan fingerprint density at radius 3 is 2.56 bits per heavy atom. The SMILES string of the molecule is Nc1nc2cccc(-c3ccc(CN4CCC(CO)CC4)cc3)n2n1. The molecule has 0 amide bonds. The number of anilines is 1. The molecule has 2 aromatic heterocycles. The fourth-order valence-electron chi connectivity index (χ4n) is 3.51. The summed E-state index contributed by atoms with van der Waals surface area (Å²) in [7, 11) is 0. The van der Waals surface area contributed by atoms with Gasteiger partial charge in [0, 0.05) is 18.7 Å². The van der Waals surface area contributed by atoms with Crippen molar-refractivity contribution in [2.45, 2.75) is 19.4 Å². The Morgan fingerprint density at radius 2 is 1.84 bits per heavy atom. The zero-order chi connectivity index (χ0) is 17.2. The van der Waals surface area contributed by atoms with Crippen LogP contribution in [0.2, 0.25) is 0 Å². The molecule has 3 N–H and O–H groups in total. The van der Waals surface area contributed by atoms with Crippen LogP contribution in [0.15, 0.2) is 42.5 Å². The number of hydrogen-bond acceptors (Lipinski definition) is 5. The zero-order valence-electron chi connectivity index (χ0n) is 14.2. The summed E-state index contributed by atoms with van der Waals surface area (Å²) in [6.45, 7) is 3.40. The van der Waals surface area contributed by atoms with Crippen LogP contribution < -0.4 is 5.73 Å². The molecule has 0 spiro atoms. The van der Waals surface area contributed by atoms with Crippen LogP contribution in [0.1, 0.15) is 18.4 Å². The van der Waals surface area contributed by atoms with E-state index in [0.29, 0.717) is 12.5 Å². The first kappa shape index (κ1) is 16.1. The van der Waals surface area contributed by atoms with Crippen molar-refractivity contribution in [3.63, 3.8) is 0 Å². The number of fused-ring (bicyclic) bond motifs is 1. The average Bonchev–Trinajstić information content (AvgIpc) is 3.03. The number of benzene rings is 1. The number of nitrogens with two attached hydrogens (primary N) is 1. The summed E-state index contributed by atoms with van der Waals surface area (Å²) >= 11 is 0. The highest BCUT2D eigenvalue weighted by Crippen LogP contribution is 2.23. The molecule has 1 fully saturated rings. The highest BCUT2D eigenvalue weighted by Gasteiger charge is 2.18. The monoisotopic (exact) mass is 337 g/mol. The fourth-order valence-corrected chi connectivity index (χ4v) is 3.51. The van der Waals surface area contributed by atoms with Gasteiger partial charge in [0.25, 0.3) is 0 Å². The van der Waals surface area contributed by atoms with E-state index in [1.807, 2.05) is 18.2 Å². The quantitative estimate of drug-likeness (QED) is 0.763. The van der Waals surface area contributed by atoms with Gasteiger partial charge in [-0.2, -0.15) is 4.98 Å². The largest absolute Gasteiger partial charge is 0.396 e. The van der Waals surface area contributed by atoms with Gasteiger partial charge in [0.1, 0.15) is 0 Å². The van der Waals surface area contributed by atoms with Gasteiger partial charge in [-0.15, -0.1) is 5.10 Å². The molecule has 130 valence electrons. The Labute approximate surface area is 146 Å². The van der Waals surface area contributed by atoms with Gasteiger partial charge >= 0.3 is 0 Å². The lowest BCUT2D eigenvalue weighted by atomic mass is 9.97. The van der Waals surface area contributed by atoms with Crippen molar-refractivity contribution in [2.75, 3.05) is 25.4 Å². The summed E-state index contributed by atoms with van der Waals surface area (Å²) in [6.07, 6.45) is 2.18. The molecule has 1 aliphatic heterocycles. The van der Waals surface area contributed by atoms with Gasteiger partial charge in [-0.3, -0.25) is 4.90 Å². The summed E-state index contributed by atoms with van der Waals surface area (Å²) in [5.74, 6) is 0.768. The second kappa shape index (κ2) is 6.82. The van der Waals surface area contributed by atoms with Crippen molar-refractivity contribution in [3.05, 3.63) is 48.0 Å². The molecular weight excluding hydrogens is 314 g/mol. The molecule has 1 aromatic carbocycles. The Balaban J connectivity index is 1.50. The van der Waals surface area contributed by atoms with Crippen molar-refractivity contribution in [3.8, 4) is 11.3 Å². The Kier molecular flexibility index (Phi) is 4.38. The van der Waals surface area contributed by atoms with Gasteiger partial charge < -0.3 is 10.8 Å². The summed E-state index contributed by atoms with van der Waals surface area (Å²) < 4.78 is 1.78. The molecular formula is C19H23N5O. The molecule has 4 rings (SSSR count). The van der Waals surface area contributed by atoms with Crippen LogP contribution in [0.25, 0.3) is 16.9 Å². The van der Waals surface area contributed by atoms with E-state index in [0.717, 1.165) is 49.4 Å². The summed E-state index contributed by atoms with van der Waals surface area (Å²) in [6, 6.07) is 14.5. The Bertz CT molecular complexity index is 850. The van der Waals surface area contributed by atoms with Gasteiger partial charge in [0.2, 0.25) is 5.95 Å². The smallest absolute Gasteiger partial charge is 0.240 e. The molecule has 6 heteroatoms. The van der Waals surface area contributed by atoms with E-state index in [1.54, 1.807) is 4.52 Å². The van der Waals surface area contributed by atoms with Gasteiger partial charge in [0.05, 0.1) is 5.69 Å². The van der Waals surface area contributed by atoms with E-state index >= 15 is 0 Å². The van der Waals surface area contributed by atoms with E-state index in [2.05, 4.69) is 39.2 Å². The third-order valence-corrected chi connectivity index (χ3v) is 5.00. The number of rotatable bonds is 4. The highest BCUT2D eigenvalue weighted by molar-refractivity contribution is 5.63. The minimum atomic E-state index is 0.287. The molecule has 0 unspecified atom stereocenters. The number of aromatic nitrogens is 3. The molecule has 6 nitrogen and oxygen atoms in total. The standard InChI is InChI=1S/C19H23N5O/c20-19-21-18-3-1-2-17(24(18)22-19)16-6-4-14(5-7-16)12-23-10-8-15(13-25)9-11-23/h1-7,15,25H,8-13H2,(H2,20,22). The van der Waals surface area contributed by atoms with Crippen molar-refractivity contribution in [2.24, 2.45) is 5.92 Å². The topological polar surface area (TPSA) is 79.7 Å². The van der Waals surface area contributed by atoms with Crippen LogP contribution in [0, 0.1) is 5.92 Å². The van der Waals surface area contributed by atoms with Crippen molar-refractivity contribution >= 4 is 11.6 Å². The lowest BCUT2D eigenvalue weighted by Gasteiger charge is -2.31. The molecule has 25 heavy (non-hydrogen) atoms. The molecule has 3 heterocycles. The van der Waals surface area contributed by atoms with Crippen LogP contribution in [0.3, 0.4) is 0 Å². The Morgan fingerprint density at radius 1 is 1.08 bits per heavy atom. The van der Waals surface area contributed by atoms with E-state index < -0.39 is 0 Å². The van der Waals surface area contributed by atoms with E-state index in [9.17, 15) is 5.11 Å². The number of likely N-dealkylation sites (tertiary alicyclic amines) is 1. The molecule has 0 aliphatic carbocycles. The van der Waals surface area contributed by atoms with Crippen molar-refractivity contribution in [1.29, 1.82) is 0 Å². The number of aliphatic hydroxyl groups excluding tert-OH is 1. The number of piperidine rings is 1. The van der Waals surface area contributed by atoms with Gasteiger partial charge in [0.15, 0.2) is 5.65 Å². The van der Waals surface area contributed by atoms with Crippen LogP contribution in [0.5, 0.6) is 0 Å². The number of nitrogens with zero attached hydrogens (tertiary/aromatic N) is 4. The maximum Gasteiger partial charge on any atom is 0.240 e. The average molecular weight is 337 g/mol. The molecule has 0 bridgehead atoms. The van der Waals surface area contributed by atoms with Gasteiger partial charge in [-0.1, -0.05) is 30.3 Å². The molecule has 0 saturated carbocycles. The van der Waals surface area contributed by atoms with Crippen molar-refractivity contribution < 1.29 is 5.11 Å². The molecule has 1 saturated heterocycles. The molecule has 0 radical (unpaired) electrons. The maximum absolute atomic E-state index is 9.24. The maximum atomic E-state index is 9.24. The van der Waals surface area contributed by atoms with E-state index in [1.165, 1.54) is 5.56 Å². The third-order valence-electron chi connectivity index (χ3n) is 5.00. The molecule has 3 aromatic rings. The van der Waals surface area contributed by atoms with Gasteiger partial charge in [-0.05, 0) is 49.5 Å².